The molecule has 2 N–H and O–H groups in total. The standard InChI is InChI=1S/C22H31NO10/c1-6-7-14(2)18(24)31-11-10-22(23,19(25)28-3)13-15-8-9-16(32-20(26)29-4)17(12-15)33-21(27)30-5/h8-9,12,14H,6-7,10-11,13,23H2,1-5H3/t14-,22?/m0/s1. The molecule has 0 saturated heterocycles. The Balaban J connectivity index is 3.07. The molecule has 0 amide bonds. The molecule has 184 valence electrons. The third-order valence-corrected chi connectivity index (χ3v) is 4.76. The van der Waals surface area contributed by atoms with Crippen LogP contribution in [0.3, 0.4) is 0 Å². The number of nitrogens with two attached hydrogens (primary N) is 1. The third-order valence-electron chi connectivity index (χ3n) is 4.76. The number of hydrogen-bond acceptors (Lipinski definition) is 11. The van der Waals surface area contributed by atoms with Crippen LogP contribution in [0.2, 0.25) is 0 Å². The number of rotatable bonds is 11. The van der Waals surface area contributed by atoms with Gasteiger partial charge >= 0.3 is 24.2 Å². The molecule has 1 unspecified atom stereocenters. The third kappa shape index (κ3) is 8.60. The highest BCUT2D eigenvalue weighted by Gasteiger charge is 2.36. The molecule has 0 radical (unpaired) electrons. The molecule has 0 spiro atoms. The maximum atomic E-state index is 12.4. The van der Waals surface area contributed by atoms with Crippen LogP contribution in [0.15, 0.2) is 18.2 Å². The highest BCUT2D eigenvalue weighted by molar-refractivity contribution is 5.81. The van der Waals surface area contributed by atoms with E-state index in [1.54, 1.807) is 6.92 Å². The zero-order valence-electron chi connectivity index (χ0n) is 19.5. The van der Waals surface area contributed by atoms with E-state index in [-0.39, 0.29) is 42.8 Å². The van der Waals surface area contributed by atoms with Crippen molar-refractivity contribution in [2.24, 2.45) is 11.7 Å². The average molecular weight is 469 g/mol. The fourth-order valence-electron chi connectivity index (χ4n) is 2.95. The molecule has 0 aromatic heterocycles. The predicted octanol–water partition coefficient (Wildman–Crippen LogP) is 2.76. The van der Waals surface area contributed by atoms with E-state index in [1.807, 2.05) is 6.92 Å². The second-order valence-electron chi connectivity index (χ2n) is 7.33. The minimum absolute atomic E-state index is 0.0160. The summed E-state index contributed by atoms with van der Waals surface area (Å²) in [6.45, 7) is 3.64. The lowest BCUT2D eigenvalue weighted by atomic mass is 9.88. The molecule has 11 heteroatoms. The first-order chi connectivity index (χ1) is 15.6. The average Bonchev–Trinajstić information content (AvgIpc) is 2.79. The van der Waals surface area contributed by atoms with Crippen molar-refractivity contribution >= 4 is 24.2 Å². The van der Waals surface area contributed by atoms with E-state index in [0.29, 0.717) is 12.0 Å². The Morgan fingerprint density at radius 3 is 2.12 bits per heavy atom. The van der Waals surface area contributed by atoms with Gasteiger partial charge in [-0.25, -0.2) is 9.59 Å². The number of benzene rings is 1. The number of carbonyl (C=O) groups is 4. The van der Waals surface area contributed by atoms with Crippen molar-refractivity contribution in [2.75, 3.05) is 27.9 Å². The van der Waals surface area contributed by atoms with Gasteiger partial charge in [-0.1, -0.05) is 26.3 Å². The van der Waals surface area contributed by atoms with Gasteiger partial charge in [0.2, 0.25) is 0 Å². The molecule has 1 aromatic rings. The fraction of sp³-hybridized carbons (Fsp3) is 0.545. The molecule has 0 saturated carbocycles. The Morgan fingerprint density at radius 2 is 1.58 bits per heavy atom. The van der Waals surface area contributed by atoms with Crippen LogP contribution in [-0.2, 0) is 35.0 Å². The monoisotopic (exact) mass is 469 g/mol. The summed E-state index contributed by atoms with van der Waals surface area (Å²) in [5.74, 6) is -1.62. The number of ether oxygens (including phenoxy) is 6. The molecular weight excluding hydrogens is 438 g/mol. The van der Waals surface area contributed by atoms with Gasteiger partial charge in [-0.3, -0.25) is 9.59 Å². The molecule has 0 heterocycles. The van der Waals surface area contributed by atoms with Gasteiger partial charge in [0.1, 0.15) is 5.54 Å². The summed E-state index contributed by atoms with van der Waals surface area (Å²) in [6, 6.07) is 4.21. The lowest BCUT2D eigenvalue weighted by Gasteiger charge is -2.27. The van der Waals surface area contributed by atoms with Crippen molar-refractivity contribution in [1.29, 1.82) is 0 Å². The SMILES string of the molecule is CCC[C@H](C)C(=O)OCCC(N)(Cc1ccc(OC(=O)OC)c(OC(=O)OC)c1)C(=O)OC. The summed E-state index contributed by atoms with van der Waals surface area (Å²) >= 11 is 0. The topological polar surface area (TPSA) is 150 Å². The van der Waals surface area contributed by atoms with Crippen LogP contribution in [0.5, 0.6) is 11.5 Å². The first-order valence-electron chi connectivity index (χ1n) is 10.3. The zero-order valence-corrected chi connectivity index (χ0v) is 19.5. The quantitative estimate of drug-likeness (QED) is 0.289. The van der Waals surface area contributed by atoms with Crippen molar-refractivity contribution in [3.63, 3.8) is 0 Å². The molecule has 33 heavy (non-hydrogen) atoms. The predicted molar refractivity (Wildman–Crippen MR) is 115 cm³/mol. The summed E-state index contributed by atoms with van der Waals surface area (Å²) in [5.41, 5.74) is 5.22. The van der Waals surface area contributed by atoms with E-state index < -0.39 is 23.8 Å². The molecule has 2 atom stereocenters. The highest BCUT2D eigenvalue weighted by atomic mass is 16.7. The Labute approximate surface area is 192 Å². The van der Waals surface area contributed by atoms with Gasteiger partial charge in [0.05, 0.1) is 33.9 Å². The van der Waals surface area contributed by atoms with Crippen LogP contribution in [0.1, 0.15) is 38.7 Å². The van der Waals surface area contributed by atoms with Gasteiger partial charge in [-0.15, -0.1) is 0 Å². The van der Waals surface area contributed by atoms with E-state index in [1.165, 1.54) is 25.3 Å². The molecule has 1 rings (SSSR count). The zero-order chi connectivity index (χ0) is 25.0. The molecule has 11 nitrogen and oxygen atoms in total. The van der Waals surface area contributed by atoms with Gasteiger partial charge in [-0.05, 0) is 24.1 Å². The molecule has 0 aliphatic rings. The van der Waals surface area contributed by atoms with E-state index in [9.17, 15) is 19.2 Å². The van der Waals surface area contributed by atoms with Crippen molar-refractivity contribution in [3.05, 3.63) is 23.8 Å². The van der Waals surface area contributed by atoms with Crippen LogP contribution >= 0.6 is 0 Å². The summed E-state index contributed by atoms with van der Waals surface area (Å²) in [4.78, 5) is 47.5. The second-order valence-corrected chi connectivity index (χ2v) is 7.33. The summed E-state index contributed by atoms with van der Waals surface area (Å²) < 4.78 is 29.0. The van der Waals surface area contributed by atoms with Gasteiger partial charge < -0.3 is 34.2 Å². The van der Waals surface area contributed by atoms with E-state index >= 15 is 0 Å². The Hall–Kier alpha value is -3.34. The summed E-state index contributed by atoms with van der Waals surface area (Å²) in [5, 5.41) is 0. The van der Waals surface area contributed by atoms with Crippen LogP contribution < -0.4 is 15.2 Å². The van der Waals surface area contributed by atoms with Crippen molar-refractivity contribution in [1.82, 2.24) is 0 Å². The molecule has 0 aliphatic carbocycles. The fourth-order valence-corrected chi connectivity index (χ4v) is 2.95. The van der Waals surface area contributed by atoms with E-state index in [0.717, 1.165) is 20.6 Å². The molecule has 0 aliphatic heterocycles. The van der Waals surface area contributed by atoms with Gasteiger partial charge in [-0.2, -0.15) is 0 Å². The smallest absolute Gasteiger partial charge is 0.468 e. The summed E-state index contributed by atoms with van der Waals surface area (Å²) in [7, 11) is 3.42. The van der Waals surface area contributed by atoms with Crippen LogP contribution in [0.25, 0.3) is 0 Å². The summed E-state index contributed by atoms with van der Waals surface area (Å²) in [6.07, 6.45) is -0.631. The van der Waals surface area contributed by atoms with Gasteiger partial charge in [0.15, 0.2) is 11.5 Å². The minimum Gasteiger partial charge on any atom is -0.468 e. The Kier molecular flexibility index (Phi) is 11.1. The molecular formula is C22H31NO10. The second kappa shape index (κ2) is 13.3. The number of esters is 2. The minimum atomic E-state index is -1.55. The normalized spacial score (nSPS) is 13.2. The van der Waals surface area contributed by atoms with Crippen LogP contribution in [0.4, 0.5) is 9.59 Å². The number of carbonyl (C=O) groups excluding carboxylic acids is 4. The molecule has 0 bridgehead atoms. The largest absolute Gasteiger partial charge is 0.513 e. The molecule has 0 fully saturated rings. The lowest BCUT2D eigenvalue weighted by Crippen LogP contribution is -2.51. The maximum absolute atomic E-state index is 12.4. The van der Waals surface area contributed by atoms with Crippen molar-refractivity contribution in [3.8, 4) is 11.5 Å². The first kappa shape index (κ1) is 27.7. The van der Waals surface area contributed by atoms with Gasteiger partial charge in [0.25, 0.3) is 0 Å². The maximum Gasteiger partial charge on any atom is 0.513 e. The van der Waals surface area contributed by atoms with E-state index in [4.69, 9.17) is 24.7 Å². The number of methoxy groups -OCH3 is 3. The first-order valence-corrected chi connectivity index (χ1v) is 10.3. The van der Waals surface area contributed by atoms with Crippen molar-refractivity contribution < 1.29 is 47.6 Å². The molecule has 1 aromatic carbocycles. The van der Waals surface area contributed by atoms with Crippen LogP contribution in [-0.4, -0.2) is 57.7 Å². The lowest BCUT2D eigenvalue weighted by molar-refractivity contribution is -0.153. The van der Waals surface area contributed by atoms with Gasteiger partial charge in [0, 0.05) is 12.8 Å². The van der Waals surface area contributed by atoms with Crippen molar-refractivity contribution in [2.45, 2.75) is 45.1 Å². The van der Waals surface area contributed by atoms with Crippen LogP contribution in [0, 0.1) is 5.92 Å². The van der Waals surface area contributed by atoms with E-state index in [2.05, 4.69) is 9.47 Å². The highest BCUT2D eigenvalue weighted by Crippen LogP contribution is 2.31. The Bertz CT molecular complexity index is 840. The number of hydrogen-bond donors (Lipinski definition) is 1. The Morgan fingerprint density at radius 1 is 0.970 bits per heavy atom.